The summed E-state index contributed by atoms with van der Waals surface area (Å²) >= 11 is 0. The number of carboxylic acids is 1. The summed E-state index contributed by atoms with van der Waals surface area (Å²) in [6, 6.07) is 14.1. The van der Waals surface area contributed by atoms with E-state index in [9.17, 15) is 9.59 Å². The van der Waals surface area contributed by atoms with E-state index in [0.29, 0.717) is 18.7 Å². The minimum atomic E-state index is -0.944. The van der Waals surface area contributed by atoms with Crippen molar-refractivity contribution in [1.29, 1.82) is 0 Å². The van der Waals surface area contributed by atoms with Crippen molar-refractivity contribution in [3.63, 3.8) is 0 Å². The molecule has 1 amide bonds. The lowest BCUT2D eigenvalue weighted by molar-refractivity contribution is 0.0696. The maximum absolute atomic E-state index is 12.3. The molecule has 1 N–H and O–H groups in total. The molecule has 20 heavy (non-hydrogen) atoms. The van der Waals surface area contributed by atoms with Gasteiger partial charge in [0.2, 0.25) is 0 Å². The Morgan fingerprint density at radius 2 is 1.60 bits per heavy atom. The first-order valence-corrected chi connectivity index (χ1v) is 6.34. The van der Waals surface area contributed by atoms with Crippen molar-refractivity contribution in [1.82, 2.24) is 4.90 Å². The van der Waals surface area contributed by atoms with E-state index in [-0.39, 0.29) is 11.5 Å². The van der Waals surface area contributed by atoms with E-state index in [1.165, 1.54) is 0 Å². The zero-order chi connectivity index (χ0) is 14.1. The Labute approximate surface area is 116 Å². The topological polar surface area (TPSA) is 57.6 Å². The number of carbonyl (C=O) groups is 2. The van der Waals surface area contributed by atoms with Gasteiger partial charge in [-0.05, 0) is 35.4 Å². The molecule has 0 atom stereocenters. The summed E-state index contributed by atoms with van der Waals surface area (Å²) in [4.78, 5) is 25.0. The summed E-state index contributed by atoms with van der Waals surface area (Å²) in [6.07, 6.45) is 0. The molecule has 0 aromatic heterocycles. The Hall–Kier alpha value is -2.62. The highest BCUT2D eigenvalue weighted by atomic mass is 16.4. The van der Waals surface area contributed by atoms with Gasteiger partial charge in [-0.1, -0.05) is 24.3 Å². The first-order chi connectivity index (χ1) is 9.65. The van der Waals surface area contributed by atoms with Crippen LogP contribution in [0.3, 0.4) is 0 Å². The van der Waals surface area contributed by atoms with Crippen molar-refractivity contribution < 1.29 is 14.7 Å². The molecule has 0 unspecified atom stereocenters. The van der Waals surface area contributed by atoms with Crippen LogP contribution < -0.4 is 0 Å². The molecule has 0 saturated heterocycles. The summed E-state index contributed by atoms with van der Waals surface area (Å²) < 4.78 is 0. The second-order valence-electron chi connectivity index (χ2n) is 4.82. The fraction of sp³-hybridized carbons (Fsp3) is 0.125. The SMILES string of the molecule is O=C(O)c1ccc2c(c1)CN(C(=O)c1ccccc1)C2. The third-order valence-electron chi connectivity index (χ3n) is 3.48. The molecule has 0 radical (unpaired) electrons. The lowest BCUT2D eigenvalue weighted by Crippen LogP contribution is -2.25. The maximum Gasteiger partial charge on any atom is 0.335 e. The number of aromatic carboxylic acids is 1. The Balaban J connectivity index is 1.84. The van der Waals surface area contributed by atoms with Gasteiger partial charge in [-0.15, -0.1) is 0 Å². The van der Waals surface area contributed by atoms with Crippen molar-refractivity contribution in [2.75, 3.05) is 0 Å². The minimum Gasteiger partial charge on any atom is -0.478 e. The van der Waals surface area contributed by atoms with Crippen LogP contribution in [0.2, 0.25) is 0 Å². The summed E-state index contributed by atoms with van der Waals surface area (Å²) in [6.45, 7) is 0.993. The van der Waals surface area contributed by atoms with Crippen LogP contribution in [0.5, 0.6) is 0 Å². The van der Waals surface area contributed by atoms with Crippen LogP contribution in [0.4, 0.5) is 0 Å². The van der Waals surface area contributed by atoms with Crippen LogP contribution in [0, 0.1) is 0 Å². The molecule has 3 rings (SSSR count). The van der Waals surface area contributed by atoms with Crippen molar-refractivity contribution >= 4 is 11.9 Å². The molecule has 1 aliphatic heterocycles. The number of hydrogen-bond acceptors (Lipinski definition) is 2. The monoisotopic (exact) mass is 267 g/mol. The van der Waals surface area contributed by atoms with Gasteiger partial charge in [0.1, 0.15) is 0 Å². The number of carboxylic acid groups (broad SMARTS) is 1. The Kier molecular flexibility index (Phi) is 2.99. The predicted molar refractivity (Wildman–Crippen MR) is 73.4 cm³/mol. The molecule has 0 bridgehead atoms. The second-order valence-corrected chi connectivity index (χ2v) is 4.82. The van der Waals surface area contributed by atoms with Gasteiger partial charge in [0.25, 0.3) is 5.91 Å². The average molecular weight is 267 g/mol. The number of amides is 1. The number of hydrogen-bond donors (Lipinski definition) is 1. The molecule has 4 nitrogen and oxygen atoms in total. The average Bonchev–Trinajstić information content (AvgIpc) is 2.90. The summed E-state index contributed by atoms with van der Waals surface area (Å²) in [5, 5.41) is 8.99. The standard InChI is InChI=1S/C16H13NO3/c18-15(11-4-2-1-3-5-11)17-9-13-7-6-12(16(19)20)8-14(13)10-17/h1-8H,9-10H2,(H,19,20). The highest BCUT2D eigenvalue weighted by Crippen LogP contribution is 2.25. The Morgan fingerprint density at radius 3 is 2.30 bits per heavy atom. The fourth-order valence-corrected chi connectivity index (χ4v) is 2.43. The number of fused-ring (bicyclic) bond motifs is 1. The number of carbonyl (C=O) groups excluding carboxylic acids is 1. The quantitative estimate of drug-likeness (QED) is 0.909. The molecule has 2 aromatic carbocycles. The maximum atomic E-state index is 12.3. The summed E-state index contributed by atoms with van der Waals surface area (Å²) in [5.41, 5.74) is 2.84. The second kappa shape index (κ2) is 4.81. The zero-order valence-corrected chi connectivity index (χ0v) is 10.7. The molecular weight excluding hydrogens is 254 g/mol. The van der Waals surface area contributed by atoms with Crippen molar-refractivity contribution in [2.24, 2.45) is 0 Å². The lowest BCUT2D eigenvalue weighted by Gasteiger charge is -2.15. The minimum absolute atomic E-state index is 0.0290. The predicted octanol–water partition coefficient (Wildman–Crippen LogP) is 2.54. The molecule has 1 heterocycles. The van der Waals surface area contributed by atoms with Crippen LogP contribution in [0.15, 0.2) is 48.5 Å². The zero-order valence-electron chi connectivity index (χ0n) is 10.7. The van der Waals surface area contributed by atoms with Gasteiger partial charge in [-0.3, -0.25) is 4.79 Å². The molecular formula is C16H13NO3. The fourth-order valence-electron chi connectivity index (χ4n) is 2.43. The van der Waals surface area contributed by atoms with Gasteiger partial charge < -0.3 is 10.0 Å². The van der Waals surface area contributed by atoms with E-state index in [1.807, 2.05) is 18.2 Å². The van der Waals surface area contributed by atoms with E-state index in [0.717, 1.165) is 11.1 Å². The third kappa shape index (κ3) is 2.16. The molecule has 0 spiro atoms. The normalized spacial score (nSPS) is 13.1. The van der Waals surface area contributed by atoms with Gasteiger partial charge in [-0.25, -0.2) is 4.79 Å². The molecule has 100 valence electrons. The molecule has 1 aliphatic rings. The smallest absolute Gasteiger partial charge is 0.335 e. The molecule has 0 fully saturated rings. The summed E-state index contributed by atoms with van der Waals surface area (Å²) in [7, 11) is 0. The van der Waals surface area contributed by atoms with Crippen LogP contribution in [-0.4, -0.2) is 21.9 Å². The van der Waals surface area contributed by atoms with Crippen LogP contribution >= 0.6 is 0 Å². The molecule has 4 heteroatoms. The highest BCUT2D eigenvalue weighted by Gasteiger charge is 2.24. The van der Waals surface area contributed by atoms with Crippen LogP contribution in [0.25, 0.3) is 0 Å². The Bertz CT molecular complexity index is 679. The third-order valence-corrected chi connectivity index (χ3v) is 3.48. The van der Waals surface area contributed by atoms with E-state index >= 15 is 0 Å². The van der Waals surface area contributed by atoms with Crippen molar-refractivity contribution in [3.8, 4) is 0 Å². The largest absolute Gasteiger partial charge is 0.478 e. The van der Waals surface area contributed by atoms with Gasteiger partial charge in [0.15, 0.2) is 0 Å². The first-order valence-electron chi connectivity index (χ1n) is 6.34. The highest BCUT2D eigenvalue weighted by molar-refractivity contribution is 5.94. The van der Waals surface area contributed by atoms with Gasteiger partial charge in [0, 0.05) is 18.7 Å². The van der Waals surface area contributed by atoms with Crippen LogP contribution in [-0.2, 0) is 13.1 Å². The molecule has 0 saturated carbocycles. The van der Waals surface area contributed by atoms with E-state index in [4.69, 9.17) is 5.11 Å². The van der Waals surface area contributed by atoms with E-state index in [2.05, 4.69) is 0 Å². The van der Waals surface area contributed by atoms with Crippen LogP contribution in [0.1, 0.15) is 31.8 Å². The first kappa shape index (κ1) is 12.4. The molecule has 0 aliphatic carbocycles. The van der Waals surface area contributed by atoms with E-state index < -0.39 is 5.97 Å². The lowest BCUT2D eigenvalue weighted by atomic mass is 10.1. The number of nitrogens with zero attached hydrogens (tertiary/aromatic N) is 1. The van der Waals surface area contributed by atoms with Gasteiger partial charge in [-0.2, -0.15) is 0 Å². The van der Waals surface area contributed by atoms with E-state index in [1.54, 1.807) is 35.2 Å². The van der Waals surface area contributed by atoms with Crippen molar-refractivity contribution in [2.45, 2.75) is 13.1 Å². The van der Waals surface area contributed by atoms with Crippen molar-refractivity contribution in [3.05, 3.63) is 70.8 Å². The number of benzene rings is 2. The van der Waals surface area contributed by atoms with Gasteiger partial charge in [0.05, 0.1) is 5.56 Å². The summed E-state index contributed by atoms with van der Waals surface area (Å²) in [5.74, 6) is -0.973. The Morgan fingerprint density at radius 1 is 0.900 bits per heavy atom. The molecule has 2 aromatic rings. The van der Waals surface area contributed by atoms with Gasteiger partial charge >= 0.3 is 5.97 Å². The number of rotatable bonds is 2.